The first-order chi connectivity index (χ1) is 7.36. The zero-order valence-corrected chi connectivity index (χ0v) is 7.78. The van der Waals surface area contributed by atoms with Crippen LogP contribution in [0, 0.1) is 12.1 Å². The highest BCUT2D eigenvalue weighted by molar-refractivity contribution is 5.88. The largest absolute Gasteiger partial charge is 0.456 e. The molecule has 1 aromatic heterocycles. The molecule has 0 atom stereocenters. The fraction of sp³-hybridized carbons (Fsp3) is 0. The van der Waals surface area contributed by atoms with Crippen LogP contribution in [0.1, 0.15) is 0 Å². The van der Waals surface area contributed by atoms with Crippen LogP contribution in [0.2, 0.25) is 0 Å². The summed E-state index contributed by atoms with van der Waals surface area (Å²) in [4.78, 5) is 12.0. The van der Waals surface area contributed by atoms with Crippen molar-refractivity contribution in [3.8, 4) is 0 Å². The maximum absolute atomic E-state index is 12.0. The lowest BCUT2D eigenvalue weighted by Crippen LogP contribution is -2.01. The molecule has 2 aromatic carbocycles. The lowest BCUT2D eigenvalue weighted by Gasteiger charge is -1.99. The normalized spacial score (nSPS) is 10.9. The topological polar surface area (TPSA) is 30.2 Å². The summed E-state index contributed by atoms with van der Waals surface area (Å²) in [5, 5.41) is 1.04. The van der Waals surface area contributed by atoms with Crippen molar-refractivity contribution in [2.75, 3.05) is 0 Å². The number of fused-ring (bicyclic) bond motifs is 2. The lowest BCUT2D eigenvalue weighted by atomic mass is 10.1. The molecule has 0 aliphatic rings. The summed E-state index contributed by atoms with van der Waals surface area (Å²) >= 11 is 0. The van der Waals surface area contributed by atoms with Gasteiger partial charge in [-0.1, -0.05) is 12.1 Å². The Bertz CT molecular complexity index is 638. The second-order valence-electron chi connectivity index (χ2n) is 3.27. The molecule has 0 saturated heterocycles. The second kappa shape index (κ2) is 2.95. The monoisotopic (exact) mass is 194 g/mol. The molecule has 1 heterocycles. The van der Waals surface area contributed by atoms with E-state index in [1.807, 2.05) is 12.1 Å². The van der Waals surface area contributed by atoms with Gasteiger partial charge in [-0.15, -0.1) is 0 Å². The van der Waals surface area contributed by atoms with Crippen LogP contribution in [0.15, 0.2) is 45.6 Å². The molecule has 0 aliphatic carbocycles. The van der Waals surface area contributed by atoms with Gasteiger partial charge in [0.2, 0.25) is 5.43 Å². The number of benzene rings is 2. The van der Waals surface area contributed by atoms with Crippen molar-refractivity contribution in [2.45, 2.75) is 0 Å². The third-order valence-electron chi connectivity index (χ3n) is 2.34. The van der Waals surface area contributed by atoms with E-state index < -0.39 is 0 Å². The molecule has 70 valence electrons. The van der Waals surface area contributed by atoms with Crippen LogP contribution < -0.4 is 5.43 Å². The fourth-order valence-electron chi connectivity index (χ4n) is 1.63. The molecule has 0 bridgehead atoms. The number of para-hydroxylation sites is 1. The predicted octanol–water partition coefficient (Wildman–Crippen LogP) is 2.55. The van der Waals surface area contributed by atoms with Crippen molar-refractivity contribution in [3.63, 3.8) is 0 Å². The van der Waals surface area contributed by atoms with Gasteiger partial charge in [0, 0.05) is 6.07 Å². The van der Waals surface area contributed by atoms with E-state index in [1.165, 1.54) is 0 Å². The first-order valence-corrected chi connectivity index (χ1v) is 4.60. The Hall–Kier alpha value is -2.09. The molecule has 0 spiro atoms. The summed E-state index contributed by atoms with van der Waals surface area (Å²) in [6.45, 7) is 0. The predicted molar refractivity (Wildman–Crippen MR) is 57.7 cm³/mol. The molecule has 0 amide bonds. The number of hydrogen-bond acceptors (Lipinski definition) is 2. The molecule has 15 heavy (non-hydrogen) atoms. The Kier molecular flexibility index (Phi) is 1.62. The molecule has 0 fully saturated rings. The van der Waals surface area contributed by atoms with Gasteiger partial charge in [0.1, 0.15) is 11.2 Å². The van der Waals surface area contributed by atoms with Crippen molar-refractivity contribution in [1.82, 2.24) is 0 Å². The summed E-state index contributed by atoms with van der Waals surface area (Å²) in [6, 6.07) is 16.1. The van der Waals surface area contributed by atoms with Crippen molar-refractivity contribution < 1.29 is 4.42 Å². The molecule has 0 unspecified atom stereocenters. The van der Waals surface area contributed by atoms with Gasteiger partial charge in [-0.3, -0.25) is 4.79 Å². The first kappa shape index (κ1) is 8.24. The van der Waals surface area contributed by atoms with E-state index in [0.29, 0.717) is 21.9 Å². The van der Waals surface area contributed by atoms with E-state index in [4.69, 9.17) is 4.42 Å². The van der Waals surface area contributed by atoms with Gasteiger partial charge in [0.05, 0.1) is 10.8 Å². The van der Waals surface area contributed by atoms with Gasteiger partial charge < -0.3 is 4.42 Å². The third kappa shape index (κ3) is 1.15. The van der Waals surface area contributed by atoms with E-state index in [1.54, 1.807) is 24.3 Å². The average molecular weight is 194 g/mol. The standard InChI is InChI=1S/C13H6O2/c14-13-9-5-1-3-7-11(9)15-12-8-4-2-6-10(12)13/h1,3-5,7-8H. The molecule has 0 N–H and O–H groups in total. The van der Waals surface area contributed by atoms with Gasteiger partial charge in [-0.05, 0) is 30.3 Å². The molecule has 3 rings (SSSR count). The fourth-order valence-corrected chi connectivity index (χ4v) is 1.63. The molecule has 2 heteroatoms. The van der Waals surface area contributed by atoms with Crippen LogP contribution in [-0.2, 0) is 0 Å². The first-order valence-electron chi connectivity index (χ1n) is 4.60. The van der Waals surface area contributed by atoms with Crippen LogP contribution in [0.4, 0.5) is 0 Å². The van der Waals surface area contributed by atoms with Crippen molar-refractivity contribution in [2.24, 2.45) is 0 Å². The Morgan fingerprint density at radius 2 is 1.93 bits per heavy atom. The van der Waals surface area contributed by atoms with Crippen LogP contribution >= 0.6 is 0 Å². The maximum atomic E-state index is 12.0. The second-order valence-corrected chi connectivity index (χ2v) is 3.27. The van der Waals surface area contributed by atoms with Crippen LogP contribution in [0.3, 0.4) is 0 Å². The summed E-state index contributed by atoms with van der Waals surface area (Å²) in [6.07, 6.45) is 0. The summed E-state index contributed by atoms with van der Waals surface area (Å²) < 4.78 is 5.58. The minimum Gasteiger partial charge on any atom is -0.456 e. The van der Waals surface area contributed by atoms with Gasteiger partial charge in [0.15, 0.2) is 0 Å². The minimum atomic E-state index is -0.0521. The summed E-state index contributed by atoms with van der Waals surface area (Å²) in [5.74, 6) is 0. The minimum absolute atomic E-state index is 0.0521. The Labute approximate surface area is 85.8 Å². The van der Waals surface area contributed by atoms with E-state index in [2.05, 4.69) is 12.1 Å². The van der Waals surface area contributed by atoms with Gasteiger partial charge >= 0.3 is 0 Å². The Morgan fingerprint density at radius 3 is 2.87 bits per heavy atom. The molecule has 0 aliphatic heterocycles. The SMILES string of the molecule is O=c1c2[c][c]ccc2oc2ccccc12. The highest BCUT2D eigenvalue weighted by Gasteiger charge is 2.05. The molecular weight excluding hydrogens is 188 g/mol. The Balaban J connectivity index is 2.66. The zero-order valence-electron chi connectivity index (χ0n) is 7.78. The Morgan fingerprint density at radius 1 is 1.07 bits per heavy atom. The molecule has 2 nitrogen and oxygen atoms in total. The summed E-state index contributed by atoms with van der Waals surface area (Å²) in [7, 11) is 0. The van der Waals surface area contributed by atoms with E-state index >= 15 is 0 Å². The van der Waals surface area contributed by atoms with Crippen molar-refractivity contribution in [1.29, 1.82) is 0 Å². The maximum Gasteiger partial charge on any atom is 0.201 e. The van der Waals surface area contributed by atoms with Crippen LogP contribution in [0.5, 0.6) is 0 Å². The molecule has 3 aromatic rings. The molecular formula is C13H6O2. The number of hydrogen-bond donors (Lipinski definition) is 0. The highest BCUT2D eigenvalue weighted by atomic mass is 16.3. The highest BCUT2D eigenvalue weighted by Crippen LogP contribution is 2.16. The average Bonchev–Trinajstić information content (AvgIpc) is 2.30. The van der Waals surface area contributed by atoms with Gasteiger partial charge in [0.25, 0.3) is 0 Å². The molecule has 0 saturated carbocycles. The number of rotatable bonds is 0. The van der Waals surface area contributed by atoms with Crippen molar-refractivity contribution >= 4 is 21.9 Å². The van der Waals surface area contributed by atoms with E-state index in [9.17, 15) is 4.79 Å². The van der Waals surface area contributed by atoms with E-state index in [-0.39, 0.29) is 5.43 Å². The third-order valence-corrected chi connectivity index (χ3v) is 2.34. The molecule has 2 radical (unpaired) electrons. The zero-order chi connectivity index (χ0) is 10.3. The van der Waals surface area contributed by atoms with Crippen LogP contribution in [0.25, 0.3) is 21.9 Å². The van der Waals surface area contributed by atoms with Crippen LogP contribution in [-0.4, -0.2) is 0 Å². The van der Waals surface area contributed by atoms with Gasteiger partial charge in [-0.25, -0.2) is 0 Å². The summed E-state index contributed by atoms with van der Waals surface area (Å²) in [5.41, 5.74) is 1.11. The lowest BCUT2D eigenvalue weighted by molar-refractivity contribution is 0.660. The quantitative estimate of drug-likeness (QED) is 0.515. The van der Waals surface area contributed by atoms with Crippen molar-refractivity contribution in [3.05, 3.63) is 58.8 Å². The smallest absolute Gasteiger partial charge is 0.201 e. The van der Waals surface area contributed by atoms with Gasteiger partial charge in [-0.2, -0.15) is 0 Å². The van der Waals surface area contributed by atoms with E-state index in [0.717, 1.165) is 0 Å².